The van der Waals surface area contributed by atoms with Crippen molar-refractivity contribution >= 4 is 27.3 Å². The molecule has 1 N–H and O–H groups in total. The molecule has 1 aromatic carbocycles. The first-order valence-electron chi connectivity index (χ1n) is 8.81. The number of thiophene rings is 1. The van der Waals surface area contributed by atoms with E-state index in [4.69, 9.17) is 4.74 Å². The van der Waals surface area contributed by atoms with E-state index in [1.54, 1.807) is 16.2 Å². The van der Waals surface area contributed by atoms with Gasteiger partial charge in [-0.05, 0) is 49.3 Å². The molecule has 4 rings (SSSR count). The average molecular weight is 355 g/mol. The molecule has 5 nitrogen and oxygen atoms in total. The Morgan fingerprint density at radius 1 is 1.36 bits per heavy atom. The monoisotopic (exact) mass is 355 g/mol. The first-order chi connectivity index (χ1) is 12.3. The number of ether oxygens (including phenoxy) is 1. The van der Waals surface area contributed by atoms with Gasteiger partial charge in [-0.3, -0.25) is 10.1 Å². The number of nitrogens with zero attached hydrogens (tertiary/aromatic N) is 2. The molecule has 2 saturated heterocycles. The van der Waals surface area contributed by atoms with Gasteiger partial charge in [0, 0.05) is 22.7 Å². The minimum Gasteiger partial charge on any atom is -0.491 e. The molecule has 2 aliphatic heterocycles. The van der Waals surface area contributed by atoms with Gasteiger partial charge in [0.15, 0.2) is 0 Å². The molecule has 0 aliphatic carbocycles. The van der Waals surface area contributed by atoms with Gasteiger partial charge in [0.2, 0.25) is 5.91 Å². The zero-order valence-electron chi connectivity index (χ0n) is 14.0. The Labute approximate surface area is 151 Å². The van der Waals surface area contributed by atoms with Crippen LogP contribution in [-0.2, 0) is 4.79 Å². The fraction of sp³-hybridized carbons (Fsp3) is 0.474. The fourth-order valence-electron chi connectivity index (χ4n) is 3.79. The maximum atomic E-state index is 12.6. The van der Waals surface area contributed by atoms with Crippen molar-refractivity contribution in [3.8, 4) is 11.8 Å². The third kappa shape index (κ3) is 3.22. The number of nitriles is 1. The normalized spacial score (nSPS) is 26.0. The Hall–Kier alpha value is -2.10. The Bertz CT molecular complexity index is 812. The highest BCUT2D eigenvalue weighted by Gasteiger charge is 2.36. The number of carbonyl (C=O) groups excluding carboxylic acids is 1. The van der Waals surface area contributed by atoms with Gasteiger partial charge in [-0.25, -0.2) is 0 Å². The highest BCUT2D eigenvalue weighted by atomic mass is 32.1. The summed E-state index contributed by atoms with van der Waals surface area (Å²) in [7, 11) is 0. The maximum absolute atomic E-state index is 12.6. The van der Waals surface area contributed by atoms with Crippen LogP contribution in [-0.4, -0.2) is 42.1 Å². The van der Waals surface area contributed by atoms with Crippen molar-refractivity contribution < 1.29 is 9.53 Å². The molecule has 6 heteroatoms. The smallest absolute Gasteiger partial charge is 0.240 e. The van der Waals surface area contributed by atoms with E-state index in [-0.39, 0.29) is 24.0 Å². The van der Waals surface area contributed by atoms with Crippen molar-refractivity contribution in [2.75, 3.05) is 13.2 Å². The predicted octanol–water partition coefficient (Wildman–Crippen LogP) is 2.92. The summed E-state index contributed by atoms with van der Waals surface area (Å²) in [5.74, 6) is 0.978. The van der Waals surface area contributed by atoms with Gasteiger partial charge in [-0.15, -0.1) is 11.3 Å². The van der Waals surface area contributed by atoms with Crippen molar-refractivity contribution in [3.63, 3.8) is 0 Å². The summed E-state index contributed by atoms with van der Waals surface area (Å²) in [5, 5.41) is 15.8. The third-order valence-corrected chi connectivity index (χ3v) is 6.00. The van der Waals surface area contributed by atoms with Crippen LogP contribution in [0.5, 0.6) is 5.75 Å². The Morgan fingerprint density at radius 3 is 3.16 bits per heavy atom. The van der Waals surface area contributed by atoms with E-state index < -0.39 is 0 Å². The van der Waals surface area contributed by atoms with Crippen molar-refractivity contribution in [2.45, 2.75) is 43.8 Å². The van der Waals surface area contributed by atoms with Crippen LogP contribution >= 0.6 is 11.3 Å². The topological polar surface area (TPSA) is 65.4 Å². The van der Waals surface area contributed by atoms with Crippen molar-refractivity contribution in [1.29, 1.82) is 5.26 Å². The number of benzene rings is 1. The number of rotatable bonds is 4. The largest absolute Gasteiger partial charge is 0.491 e. The summed E-state index contributed by atoms with van der Waals surface area (Å²) in [6.45, 7) is 1.26. The quantitative estimate of drug-likeness (QED) is 0.916. The zero-order chi connectivity index (χ0) is 17.2. The molecule has 3 heterocycles. The van der Waals surface area contributed by atoms with E-state index in [9.17, 15) is 10.1 Å². The van der Waals surface area contributed by atoms with Crippen molar-refractivity contribution in [2.24, 2.45) is 0 Å². The first-order valence-corrected chi connectivity index (χ1v) is 9.69. The second kappa shape index (κ2) is 7.03. The first kappa shape index (κ1) is 16.4. The fourth-order valence-corrected chi connectivity index (χ4v) is 4.60. The van der Waals surface area contributed by atoms with Gasteiger partial charge in [0.05, 0.1) is 12.1 Å². The van der Waals surface area contributed by atoms with Crippen LogP contribution in [0.1, 0.15) is 25.7 Å². The summed E-state index contributed by atoms with van der Waals surface area (Å²) in [6.07, 6.45) is 3.45. The lowest BCUT2D eigenvalue weighted by molar-refractivity contribution is -0.133. The third-order valence-electron chi connectivity index (χ3n) is 5.12. The molecule has 3 atom stereocenters. The molecule has 1 amide bonds. The minimum atomic E-state index is -0.249. The van der Waals surface area contributed by atoms with Crippen LogP contribution in [0.3, 0.4) is 0 Å². The second-order valence-electron chi connectivity index (χ2n) is 6.71. The van der Waals surface area contributed by atoms with Crippen LogP contribution in [0.15, 0.2) is 29.6 Å². The molecule has 0 radical (unpaired) electrons. The van der Waals surface area contributed by atoms with E-state index in [2.05, 4.69) is 28.9 Å². The Balaban J connectivity index is 1.34. The molecular formula is C19H21N3O2S. The number of fused-ring (bicyclic) bond motifs is 1. The van der Waals surface area contributed by atoms with Gasteiger partial charge in [0.25, 0.3) is 0 Å². The van der Waals surface area contributed by atoms with E-state index in [0.29, 0.717) is 13.2 Å². The summed E-state index contributed by atoms with van der Waals surface area (Å²) in [5.41, 5.74) is 0. The van der Waals surface area contributed by atoms with Crippen molar-refractivity contribution in [3.05, 3.63) is 29.6 Å². The summed E-state index contributed by atoms with van der Waals surface area (Å²) in [4.78, 5) is 14.4. The maximum Gasteiger partial charge on any atom is 0.240 e. The highest BCUT2D eigenvalue weighted by molar-refractivity contribution is 7.17. The predicted molar refractivity (Wildman–Crippen MR) is 97.6 cm³/mol. The number of likely N-dealkylation sites (tertiary alicyclic amines) is 1. The van der Waals surface area contributed by atoms with Gasteiger partial charge >= 0.3 is 0 Å². The summed E-state index contributed by atoms with van der Waals surface area (Å²) in [6, 6.07) is 10.2. The Morgan fingerprint density at radius 2 is 2.28 bits per heavy atom. The number of amides is 1. The molecule has 2 aliphatic rings. The second-order valence-corrected chi connectivity index (χ2v) is 7.66. The molecule has 2 fully saturated rings. The molecule has 0 spiro atoms. The van der Waals surface area contributed by atoms with E-state index in [0.717, 1.165) is 36.8 Å². The van der Waals surface area contributed by atoms with Crippen LogP contribution in [0.25, 0.3) is 10.1 Å². The molecule has 1 aromatic heterocycles. The minimum absolute atomic E-state index is 0.0755. The van der Waals surface area contributed by atoms with Crippen LogP contribution < -0.4 is 10.1 Å². The average Bonchev–Trinajstić information content (AvgIpc) is 3.38. The number of hydrogen-bond acceptors (Lipinski definition) is 5. The molecule has 0 saturated carbocycles. The molecule has 2 aromatic rings. The molecule has 1 unspecified atom stereocenters. The lowest BCUT2D eigenvalue weighted by atomic mass is 10.1. The van der Waals surface area contributed by atoms with Crippen LogP contribution in [0, 0.1) is 11.3 Å². The zero-order valence-corrected chi connectivity index (χ0v) is 14.8. The Kier molecular flexibility index (Phi) is 4.60. The van der Waals surface area contributed by atoms with Crippen LogP contribution in [0.4, 0.5) is 0 Å². The lowest BCUT2D eigenvalue weighted by Gasteiger charge is -2.24. The molecular weight excluding hydrogens is 334 g/mol. The summed E-state index contributed by atoms with van der Waals surface area (Å²) < 4.78 is 7.25. The van der Waals surface area contributed by atoms with Crippen LogP contribution in [0.2, 0.25) is 0 Å². The van der Waals surface area contributed by atoms with Gasteiger partial charge in [-0.1, -0.05) is 6.07 Å². The van der Waals surface area contributed by atoms with Gasteiger partial charge < -0.3 is 9.64 Å². The molecule has 25 heavy (non-hydrogen) atoms. The standard InChI is InChI=1S/C19H21N3O2S/c20-11-14-3-2-9-22(14)19(23)16-7-6-13(21-16)12-24-17-4-1-5-18-15(17)8-10-25-18/h1,4-5,8,10,13-14,16,21H,2-3,6-7,9,12H2/t13-,14?,16+/m1/s1. The highest BCUT2D eigenvalue weighted by Crippen LogP contribution is 2.30. The van der Waals surface area contributed by atoms with Crippen molar-refractivity contribution in [1.82, 2.24) is 10.2 Å². The van der Waals surface area contributed by atoms with Gasteiger partial charge in [-0.2, -0.15) is 5.26 Å². The molecule has 130 valence electrons. The van der Waals surface area contributed by atoms with E-state index in [1.165, 1.54) is 4.70 Å². The van der Waals surface area contributed by atoms with E-state index >= 15 is 0 Å². The number of hydrogen-bond donors (Lipinski definition) is 1. The van der Waals surface area contributed by atoms with Gasteiger partial charge in [0.1, 0.15) is 18.4 Å². The molecule has 0 bridgehead atoms. The number of nitrogens with one attached hydrogen (secondary N) is 1. The summed E-state index contributed by atoms with van der Waals surface area (Å²) >= 11 is 1.71. The lowest BCUT2D eigenvalue weighted by Crippen LogP contribution is -2.47. The number of carbonyl (C=O) groups is 1. The van der Waals surface area contributed by atoms with E-state index in [1.807, 2.05) is 12.1 Å². The SMILES string of the molecule is N#CC1CCCN1C(=O)[C@@H]1CC[C@H](COc2cccc3sccc23)N1.